The van der Waals surface area contributed by atoms with Gasteiger partial charge in [0, 0.05) is 27.6 Å². The predicted octanol–water partition coefficient (Wildman–Crippen LogP) is 8.32. The Hall–Kier alpha value is -3.26. The molecular weight excluding hydrogens is 472 g/mol. The minimum Gasteiger partial charge on any atom is -0.489 e. The molecule has 1 aliphatic rings. The fraction of sp³-hybridized carbons (Fsp3) is 0.515. The van der Waals surface area contributed by atoms with Crippen LogP contribution in [0.3, 0.4) is 0 Å². The lowest BCUT2D eigenvalue weighted by Crippen LogP contribution is -2.30. The molecule has 3 aromatic rings. The first-order valence-electron chi connectivity index (χ1n) is 14.2. The van der Waals surface area contributed by atoms with Gasteiger partial charge in [-0.05, 0) is 68.4 Å². The first-order valence-corrected chi connectivity index (χ1v) is 14.2. The molecule has 0 bridgehead atoms. The number of rotatable bonds is 11. The molecule has 0 amide bonds. The van der Waals surface area contributed by atoms with Gasteiger partial charge in [-0.15, -0.1) is 0 Å². The number of fused-ring (bicyclic) bond motifs is 4. The summed E-state index contributed by atoms with van der Waals surface area (Å²) < 4.78 is 12.7. The number of benzene rings is 2. The Morgan fingerprint density at radius 1 is 1.03 bits per heavy atom. The van der Waals surface area contributed by atoms with Gasteiger partial charge >= 0.3 is 0 Å². The van der Waals surface area contributed by atoms with Gasteiger partial charge in [-0.2, -0.15) is 5.26 Å². The monoisotopic (exact) mass is 514 g/mol. The van der Waals surface area contributed by atoms with Gasteiger partial charge in [-0.25, -0.2) is 0 Å². The van der Waals surface area contributed by atoms with Crippen molar-refractivity contribution in [3.8, 4) is 17.6 Å². The number of aromatic amines is 1. The van der Waals surface area contributed by atoms with Crippen molar-refractivity contribution in [2.45, 2.75) is 92.1 Å². The van der Waals surface area contributed by atoms with E-state index in [1.165, 1.54) is 12.8 Å². The van der Waals surface area contributed by atoms with Crippen LogP contribution >= 0.6 is 0 Å². The third-order valence-electron chi connectivity index (χ3n) is 8.08. The fourth-order valence-electron chi connectivity index (χ4n) is 5.62. The van der Waals surface area contributed by atoms with Crippen molar-refractivity contribution in [2.24, 2.45) is 11.8 Å². The summed E-state index contributed by atoms with van der Waals surface area (Å²) in [7, 11) is 0. The van der Waals surface area contributed by atoms with Crippen molar-refractivity contribution in [3.63, 3.8) is 0 Å². The van der Waals surface area contributed by atoms with Crippen LogP contribution in [0.4, 0.5) is 0 Å². The molecule has 4 rings (SSSR count). The molecule has 5 nitrogen and oxygen atoms in total. The van der Waals surface area contributed by atoms with Crippen LogP contribution in [0.5, 0.6) is 11.5 Å². The van der Waals surface area contributed by atoms with Gasteiger partial charge < -0.3 is 14.5 Å². The molecule has 0 saturated carbocycles. The highest BCUT2D eigenvalue weighted by Crippen LogP contribution is 2.47. The Morgan fingerprint density at radius 2 is 1.79 bits per heavy atom. The van der Waals surface area contributed by atoms with Crippen LogP contribution in [0.2, 0.25) is 0 Å². The molecule has 0 fully saturated rings. The molecular formula is C33H42N2O3. The van der Waals surface area contributed by atoms with Crippen molar-refractivity contribution in [2.75, 3.05) is 6.61 Å². The number of H-pyrrole nitrogens is 1. The highest BCUT2D eigenvalue weighted by Gasteiger charge is 2.40. The summed E-state index contributed by atoms with van der Waals surface area (Å²) in [5, 5.41) is 10.2. The molecule has 1 N–H and O–H groups in total. The second-order valence-corrected chi connectivity index (χ2v) is 11.8. The van der Waals surface area contributed by atoms with E-state index in [0.29, 0.717) is 40.7 Å². The lowest BCUT2D eigenvalue weighted by molar-refractivity contribution is 0.103. The van der Waals surface area contributed by atoms with E-state index in [0.717, 1.165) is 47.3 Å². The van der Waals surface area contributed by atoms with Gasteiger partial charge in [-0.1, -0.05) is 59.9 Å². The minimum absolute atomic E-state index is 0.0251. The van der Waals surface area contributed by atoms with E-state index >= 15 is 0 Å². The molecule has 0 radical (unpaired) electrons. The summed E-state index contributed by atoms with van der Waals surface area (Å²) in [6.45, 7) is 15.7. The molecule has 0 aliphatic heterocycles. The van der Waals surface area contributed by atoms with Crippen LogP contribution in [-0.2, 0) is 5.41 Å². The quantitative estimate of drug-likeness (QED) is 0.279. The topological polar surface area (TPSA) is 75.1 Å². The standard InChI is InChI=1S/C33H42N2O3/c1-8-10-22(12-11-21(5)9-2)19-37-28-17-26-25(16-29(28)38-20(3)4)31(36)30-24-14-13-23(18-34)15-27(24)35-32(30)33(26,6)7/h13-17,20-22,35H,8-12,19H2,1-7H3. The van der Waals surface area contributed by atoms with E-state index in [2.05, 4.69) is 45.7 Å². The number of nitrogens with one attached hydrogen (secondary N) is 1. The zero-order valence-electron chi connectivity index (χ0n) is 24.0. The molecule has 38 heavy (non-hydrogen) atoms. The Balaban J connectivity index is 1.74. The van der Waals surface area contributed by atoms with E-state index in [9.17, 15) is 10.1 Å². The lowest BCUT2D eigenvalue weighted by Gasteiger charge is -2.33. The number of hydrogen-bond acceptors (Lipinski definition) is 4. The lowest BCUT2D eigenvalue weighted by atomic mass is 9.71. The molecule has 0 spiro atoms. The summed E-state index contributed by atoms with van der Waals surface area (Å²) in [4.78, 5) is 17.4. The van der Waals surface area contributed by atoms with Crippen molar-refractivity contribution >= 4 is 16.7 Å². The summed E-state index contributed by atoms with van der Waals surface area (Å²) >= 11 is 0. The van der Waals surface area contributed by atoms with Gasteiger partial charge in [0.1, 0.15) is 0 Å². The van der Waals surface area contributed by atoms with Gasteiger partial charge in [0.2, 0.25) is 0 Å². The molecule has 202 valence electrons. The van der Waals surface area contributed by atoms with Gasteiger partial charge in [-0.3, -0.25) is 4.79 Å². The van der Waals surface area contributed by atoms with Crippen molar-refractivity contribution in [1.82, 2.24) is 4.98 Å². The van der Waals surface area contributed by atoms with Crippen molar-refractivity contribution in [3.05, 3.63) is 58.3 Å². The molecule has 1 aromatic heterocycles. The number of hydrogen-bond donors (Lipinski definition) is 1. The number of ketones is 1. The first-order chi connectivity index (χ1) is 18.1. The second-order valence-electron chi connectivity index (χ2n) is 11.8. The average molecular weight is 515 g/mol. The van der Waals surface area contributed by atoms with E-state index < -0.39 is 5.41 Å². The molecule has 2 unspecified atom stereocenters. The number of carbonyl (C=O) groups is 1. The molecule has 1 aliphatic carbocycles. The maximum absolute atomic E-state index is 13.9. The molecule has 5 heteroatoms. The smallest absolute Gasteiger partial charge is 0.195 e. The zero-order valence-corrected chi connectivity index (χ0v) is 24.0. The maximum Gasteiger partial charge on any atom is 0.195 e. The van der Waals surface area contributed by atoms with Crippen LogP contribution in [0, 0.1) is 23.2 Å². The number of ether oxygens (including phenoxy) is 2. The summed E-state index contributed by atoms with van der Waals surface area (Å²) in [5.74, 6) is 2.51. The number of nitrogens with zero attached hydrogens (tertiary/aromatic N) is 1. The number of nitriles is 1. The van der Waals surface area contributed by atoms with Crippen molar-refractivity contribution < 1.29 is 14.3 Å². The normalized spacial score (nSPS) is 15.6. The Morgan fingerprint density at radius 3 is 2.45 bits per heavy atom. The third kappa shape index (κ3) is 5.32. The summed E-state index contributed by atoms with van der Waals surface area (Å²) in [5.41, 5.74) is 4.05. The Labute approximate surface area is 227 Å². The summed E-state index contributed by atoms with van der Waals surface area (Å²) in [6, 6.07) is 11.6. The van der Waals surface area contributed by atoms with Crippen LogP contribution in [0.15, 0.2) is 30.3 Å². The average Bonchev–Trinajstić information content (AvgIpc) is 3.28. The molecule has 0 saturated heterocycles. The van der Waals surface area contributed by atoms with Gasteiger partial charge in [0.25, 0.3) is 0 Å². The fourth-order valence-corrected chi connectivity index (χ4v) is 5.62. The van der Waals surface area contributed by atoms with E-state index in [1.54, 1.807) is 6.07 Å². The van der Waals surface area contributed by atoms with Crippen LogP contribution in [0.25, 0.3) is 10.9 Å². The Kier molecular flexibility index (Phi) is 8.21. The van der Waals surface area contributed by atoms with Crippen LogP contribution in [0.1, 0.15) is 113 Å². The van der Waals surface area contributed by atoms with Gasteiger partial charge in [0.15, 0.2) is 17.3 Å². The third-order valence-corrected chi connectivity index (χ3v) is 8.08. The second kappa shape index (κ2) is 11.2. The number of carbonyl (C=O) groups excluding carboxylic acids is 1. The van der Waals surface area contributed by atoms with Crippen LogP contribution < -0.4 is 9.47 Å². The predicted molar refractivity (Wildman–Crippen MR) is 153 cm³/mol. The SMILES string of the molecule is CCCC(CCC(C)CC)COc1cc2c(cc1OC(C)C)C(=O)c1c([nH]c3cc(C#N)ccc13)C2(C)C. The first kappa shape index (κ1) is 27.8. The van der Waals surface area contributed by atoms with E-state index in [1.807, 2.05) is 38.1 Å². The van der Waals surface area contributed by atoms with Crippen LogP contribution in [-0.4, -0.2) is 23.5 Å². The van der Waals surface area contributed by atoms with Crippen molar-refractivity contribution in [1.29, 1.82) is 5.26 Å². The zero-order chi connectivity index (χ0) is 27.6. The highest BCUT2D eigenvalue weighted by atomic mass is 16.5. The van der Waals surface area contributed by atoms with Gasteiger partial charge in [0.05, 0.1) is 29.9 Å². The summed E-state index contributed by atoms with van der Waals surface area (Å²) in [6.07, 6.45) is 5.78. The minimum atomic E-state index is -0.460. The largest absolute Gasteiger partial charge is 0.489 e. The van der Waals surface area contributed by atoms with E-state index in [-0.39, 0.29) is 11.9 Å². The molecule has 2 aromatic carbocycles. The highest BCUT2D eigenvalue weighted by molar-refractivity contribution is 6.20. The number of aromatic nitrogens is 1. The van der Waals surface area contributed by atoms with E-state index in [4.69, 9.17) is 9.47 Å². The molecule has 1 heterocycles. The Bertz CT molecular complexity index is 1360. The maximum atomic E-state index is 13.9. The molecule has 2 atom stereocenters.